The van der Waals surface area contributed by atoms with Crippen LogP contribution in [0.25, 0.3) is 32.9 Å². The van der Waals surface area contributed by atoms with Crippen LogP contribution in [0.2, 0.25) is 0 Å². The van der Waals surface area contributed by atoms with Gasteiger partial charge in [0.25, 0.3) is 5.91 Å². The number of carbonyl (C=O) groups is 3. The Labute approximate surface area is 388 Å². The highest BCUT2D eigenvalue weighted by atomic mass is 19.1. The Hall–Kier alpha value is -5.97. The van der Waals surface area contributed by atoms with Crippen LogP contribution in [0.5, 0.6) is 11.8 Å². The molecular formula is C51H57FN10O5. The van der Waals surface area contributed by atoms with Gasteiger partial charge in [-0.1, -0.05) is 25.1 Å². The molecule has 3 atom stereocenters. The fourth-order valence-electron chi connectivity index (χ4n) is 11.8. The summed E-state index contributed by atoms with van der Waals surface area (Å²) in [4.78, 5) is 63.3. The number of imide groups is 1. The van der Waals surface area contributed by atoms with Gasteiger partial charge in [0, 0.05) is 125 Å². The number of piperidine rings is 1. The van der Waals surface area contributed by atoms with Crippen molar-refractivity contribution in [2.75, 3.05) is 81.9 Å². The summed E-state index contributed by atoms with van der Waals surface area (Å²) in [5, 5.41) is 19.1. The number of phenols is 1. The molecule has 6 fully saturated rings. The average Bonchev–Trinajstić information content (AvgIpc) is 3.89. The van der Waals surface area contributed by atoms with Crippen molar-refractivity contribution < 1.29 is 28.6 Å². The molecule has 2 bridgehead atoms. The van der Waals surface area contributed by atoms with Gasteiger partial charge in [0.1, 0.15) is 28.8 Å². The summed E-state index contributed by atoms with van der Waals surface area (Å²) in [5.41, 5.74) is 4.61. The summed E-state index contributed by atoms with van der Waals surface area (Å²) < 4.78 is 23.7. The van der Waals surface area contributed by atoms with Crippen LogP contribution >= 0.6 is 0 Å². The topological polar surface area (TPSA) is 160 Å². The third-order valence-electron chi connectivity index (χ3n) is 15.7. The third kappa shape index (κ3) is 7.89. The lowest BCUT2D eigenvalue weighted by Gasteiger charge is -2.45. The number of anilines is 2. The number of fused-ring (bicyclic) bond motifs is 5. The number of nitrogens with one attached hydrogen (secondary N) is 2. The number of halogens is 1. The average molecular weight is 909 g/mol. The fraction of sp³-hybridized carbons (Fsp3) is 0.490. The maximum Gasteiger partial charge on any atom is 0.319 e. The smallest absolute Gasteiger partial charge is 0.319 e. The first-order chi connectivity index (χ1) is 32.6. The van der Waals surface area contributed by atoms with Crippen molar-refractivity contribution >= 4 is 50.9 Å². The largest absolute Gasteiger partial charge is 0.508 e. The van der Waals surface area contributed by atoms with Gasteiger partial charge >= 0.3 is 6.01 Å². The van der Waals surface area contributed by atoms with Gasteiger partial charge in [0.15, 0.2) is 5.82 Å². The number of hydrogen-bond acceptors (Lipinski definition) is 13. The molecule has 5 aromatic rings. The van der Waals surface area contributed by atoms with Gasteiger partial charge in [-0.25, -0.2) is 4.39 Å². The first-order valence-electron chi connectivity index (χ1n) is 24.3. The summed E-state index contributed by atoms with van der Waals surface area (Å²) in [6.07, 6.45) is 7.38. The van der Waals surface area contributed by atoms with Crippen molar-refractivity contribution in [3.8, 4) is 23.0 Å². The molecule has 0 spiro atoms. The zero-order valence-corrected chi connectivity index (χ0v) is 38.0. The van der Waals surface area contributed by atoms with E-state index in [1.807, 2.05) is 30.3 Å². The molecule has 2 unspecified atom stereocenters. The summed E-state index contributed by atoms with van der Waals surface area (Å²) in [6, 6.07) is 15.5. The Morgan fingerprint density at radius 2 is 1.69 bits per heavy atom. The number of pyridine rings is 1. The van der Waals surface area contributed by atoms with Crippen LogP contribution < -0.4 is 25.2 Å². The number of piperazine rings is 2. The maximum atomic E-state index is 17.1. The van der Waals surface area contributed by atoms with Crippen LogP contribution in [0.3, 0.4) is 0 Å². The summed E-state index contributed by atoms with van der Waals surface area (Å²) >= 11 is 0. The van der Waals surface area contributed by atoms with Crippen LogP contribution in [0.4, 0.5) is 15.9 Å². The number of ether oxygens (including phenoxy) is 1. The molecule has 3 amide bonds. The highest BCUT2D eigenvalue weighted by Gasteiger charge is 2.46. The predicted octanol–water partition coefficient (Wildman–Crippen LogP) is 4.87. The zero-order valence-electron chi connectivity index (χ0n) is 38.0. The van der Waals surface area contributed by atoms with Crippen LogP contribution in [0, 0.1) is 17.2 Å². The van der Waals surface area contributed by atoms with Gasteiger partial charge in [-0.2, -0.15) is 9.97 Å². The van der Waals surface area contributed by atoms with E-state index in [1.165, 1.54) is 0 Å². The van der Waals surface area contributed by atoms with Crippen molar-refractivity contribution in [1.82, 2.24) is 40.3 Å². The molecule has 67 heavy (non-hydrogen) atoms. The first kappa shape index (κ1) is 42.4. The number of aromatic hydroxyl groups is 1. The van der Waals surface area contributed by atoms with Crippen molar-refractivity contribution in [2.45, 2.75) is 76.5 Å². The number of aryl methyl sites for hydroxylation is 1. The van der Waals surface area contributed by atoms with E-state index in [1.54, 1.807) is 23.2 Å². The van der Waals surface area contributed by atoms with Gasteiger partial charge in [-0.05, 0) is 90.8 Å². The van der Waals surface area contributed by atoms with Gasteiger partial charge in [-0.15, -0.1) is 0 Å². The van der Waals surface area contributed by atoms with E-state index in [4.69, 9.17) is 19.7 Å². The van der Waals surface area contributed by atoms with Crippen LogP contribution in [0.1, 0.15) is 66.9 Å². The standard InChI is InChI=1S/C51H57FN10O5/c1-2-31-4-3-5-32-19-37(63)20-39(43(31)32)45-44(52)46-40(21-53-45)47(61-26-34-6-7-35(27-61)54-34)57-50(56-46)67-29-51(12-13-51)28-59-16-14-58(15-17-59)22-30-23-60(24-30)36-8-9-38-33(18-36)25-62(49(38)66)41-10-11-42(64)55-48(41)65/h3-5,8-9,18-21,30,34-35,41,54,63H,2,6-7,10-17,22-29H2,1H3,(H,55,64,65)/t34?,35?,41-/m0/s1. The Kier molecular flexibility index (Phi) is 10.5. The molecule has 3 N–H and O–H groups in total. The number of benzene rings is 3. The molecule has 15 nitrogen and oxygen atoms in total. The second kappa shape index (κ2) is 16.7. The van der Waals surface area contributed by atoms with Gasteiger partial charge < -0.3 is 39.7 Å². The number of carbonyl (C=O) groups excluding carboxylic acids is 3. The minimum Gasteiger partial charge on any atom is -0.508 e. The van der Waals surface area contributed by atoms with E-state index in [0.717, 1.165) is 125 Å². The molecule has 7 aliphatic rings. The summed E-state index contributed by atoms with van der Waals surface area (Å²) in [6.45, 7) is 12.4. The highest BCUT2D eigenvalue weighted by molar-refractivity contribution is 6.06. The van der Waals surface area contributed by atoms with Crippen molar-refractivity contribution in [1.29, 1.82) is 0 Å². The number of aromatic nitrogens is 3. The molecule has 6 aliphatic heterocycles. The van der Waals surface area contributed by atoms with Crippen molar-refractivity contribution in [3.63, 3.8) is 0 Å². The Morgan fingerprint density at radius 1 is 0.896 bits per heavy atom. The predicted molar refractivity (Wildman–Crippen MR) is 252 cm³/mol. The van der Waals surface area contributed by atoms with E-state index in [9.17, 15) is 19.5 Å². The van der Waals surface area contributed by atoms with E-state index in [-0.39, 0.29) is 52.5 Å². The fourth-order valence-corrected chi connectivity index (χ4v) is 11.8. The Morgan fingerprint density at radius 3 is 2.45 bits per heavy atom. The number of phenolic OH excluding ortho intramolecular Hbond substituents is 1. The molecular weight excluding hydrogens is 852 g/mol. The first-order valence-corrected chi connectivity index (χ1v) is 24.3. The van der Waals surface area contributed by atoms with Crippen LogP contribution in [-0.4, -0.2) is 143 Å². The normalized spacial score (nSPS) is 24.1. The second-order valence-electron chi connectivity index (χ2n) is 20.3. The zero-order chi connectivity index (χ0) is 45.6. The van der Waals surface area contributed by atoms with Crippen LogP contribution in [0.15, 0.2) is 54.7 Å². The lowest BCUT2D eigenvalue weighted by molar-refractivity contribution is -0.136. The van der Waals surface area contributed by atoms with E-state index in [2.05, 4.69) is 43.2 Å². The molecule has 5 saturated heterocycles. The number of rotatable bonds is 12. The van der Waals surface area contributed by atoms with E-state index in [0.29, 0.717) is 59.9 Å². The molecule has 8 heterocycles. The lowest BCUT2D eigenvalue weighted by atomic mass is 9.95. The molecule has 12 rings (SSSR count). The van der Waals surface area contributed by atoms with E-state index >= 15 is 4.39 Å². The van der Waals surface area contributed by atoms with Crippen molar-refractivity contribution in [3.05, 3.63) is 77.2 Å². The summed E-state index contributed by atoms with van der Waals surface area (Å²) in [5.74, 6) is -0.0757. The van der Waals surface area contributed by atoms with Gasteiger partial charge in [-0.3, -0.25) is 24.7 Å². The summed E-state index contributed by atoms with van der Waals surface area (Å²) in [7, 11) is 0. The Balaban J connectivity index is 0.688. The monoisotopic (exact) mass is 908 g/mol. The highest BCUT2D eigenvalue weighted by Crippen LogP contribution is 2.47. The maximum absolute atomic E-state index is 17.1. The SMILES string of the molecule is CCc1cccc2cc(O)cc(-c3ncc4c(N5CC6CCC(C5)N6)nc(OCC5(CN6CCN(CC7CN(c8ccc9c(c8)CN([C@H]8CCC(=O)NC8=O)C9=O)C7)CC6)CC5)nc4c3F)c12. The van der Waals surface area contributed by atoms with E-state index < -0.39 is 11.9 Å². The molecule has 16 heteroatoms. The number of hydrogen-bond donors (Lipinski definition) is 3. The molecule has 2 aromatic heterocycles. The molecule has 1 saturated carbocycles. The third-order valence-corrected chi connectivity index (χ3v) is 15.7. The lowest BCUT2D eigenvalue weighted by Crippen LogP contribution is -2.55. The number of amides is 3. The van der Waals surface area contributed by atoms with Crippen LogP contribution in [-0.2, 0) is 22.6 Å². The Bertz CT molecular complexity index is 2810. The van der Waals surface area contributed by atoms with Gasteiger partial charge in [0.2, 0.25) is 11.8 Å². The molecule has 1 aliphatic carbocycles. The molecule has 0 radical (unpaired) electrons. The minimum absolute atomic E-state index is 0.00162. The number of nitrogens with zero attached hydrogens (tertiary/aromatic N) is 8. The minimum atomic E-state index is -0.607. The molecule has 348 valence electrons. The second-order valence-corrected chi connectivity index (χ2v) is 20.3. The van der Waals surface area contributed by atoms with Crippen molar-refractivity contribution in [2.24, 2.45) is 11.3 Å². The van der Waals surface area contributed by atoms with Gasteiger partial charge in [0.05, 0.1) is 12.0 Å². The quantitative estimate of drug-likeness (QED) is 0.146. The molecule has 3 aromatic carbocycles.